The van der Waals surface area contributed by atoms with Crippen molar-refractivity contribution in [3.05, 3.63) is 77.3 Å². The van der Waals surface area contributed by atoms with Crippen LogP contribution in [-0.4, -0.2) is 24.6 Å². The SMILES string of the molecule is C=CCOc1ccc(/C=C/C(=O)OC(C)C(=O)Nc2cc(C(F)(F)F)ccc2Cl)cc1. The lowest BCUT2D eigenvalue weighted by Gasteiger charge is -2.15. The van der Waals surface area contributed by atoms with Crippen molar-refractivity contribution in [3.8, 4) is 5.75 Å². The fraction of sp³-hybridized carbons (Fsp3) is 0.182. The third-order valence-electron chi connectivity index (χ3n) is 3.87. The largest absolute Gasteiger partial charge is 0.490 e. The first-order valence-electron chi connectivity index (χ1n) is 9.00. The first kappa shape index (κ1) is 24.0. The number of benzene rings is 2. The summed E-state index contributed by atoms with van der Waals surface area (Å²) in [4.78, 5) is 24.1. The van der Waals surface area contributed by atoms with Gasteiger partial charge in [0.25, 0.3) is 5.91 Å². The van der Waals surface area contributed by atoms with Gasteiger partial charge in [-0.15, -0.1) is 0 Å². The van der Waals surface area contributed by atoms with Gasteiger partial charge in [0.15, 0.2) is 6.10 Å². The molecule has 2 aromatic rings. The summed E-state index contributed by atoms with van der Waals surface area (Å²) in [7, 11) is 0. The fourth-order valence-corrected chi connectivity index (χ4v) is 2.46. The molecular formula is C22H19ClF3NO4. The molecule has 0 saturated heterocycles. The Kier molecular flexibility index (Phi) is 8.27. The Balaban J connectivity index is 1.94. The molecule has 1 N–H and O–H groups in total. The van der Waals surface area contributed by atoms with Crippen molar-refractivity contribution in [2.45, 2.75) is 19.2 Å². The molecule has 164 valence electrons. The topological polar surface area (TPSA) is 64.6 Å². The number of hydrogen-bond acceptors (Lipinski definition) is 4. The van der Waals surface area contributed by atoms with E-state index < -0.39 is 29.7 Å². The highest BCUT2D eigenvalue weighted by Gasteiger charge is 2.31. The minimum absolute atomic E-state index is 0.0831. The second-order valence-corrected chi connectivity index (χ2v) is 6.67. The van der Waals surface area contributed by atoms with Gasteiger partial charge in [0.2, 0.25) is 0 Å². The van der Waals surface area contributed by atoms with Gasteiger partial charge in [-0.1, -0.05) is 36.4 Å². The average molecular weight is 454 g/mol. The zero-order valence-electron chi connectivity index (χ0n) is 16.4. The molecule has 0 fully saturated rings. The van der Waals surface area contributed by atoms with Crippen LogP contribution in [0.1, 0.15) is 18.1 Å². The molecule has 1 atom stereocenters. The molecule has 1 amide bonds. The van der Waals surface area contributed by atoms with Crippen molar-refractivity contribution in [1.82, 2.24) is 0 Å². The molecule has 2 aromatic carbocycles. The number of alkyl halides is 3. The maximum atomic E-state index is 12.8. The van der Waals surface area contributed by atoms with E-state index in [0.29, 0.717) is 24.0 Å². The Bertz CT molecular complexity index is 972. The molecular weight excluding hydrogens is 435 g/mol. The van der Waals surface area contributed by atoms with E-state index in [2.05, 4.69) is 11.9 Å². The molecule has 31 heavy (non-hydrogen) atoms. The quantitative estimate of drug-likeness (QED) is 0.325. The third kappa shape index (κ3) is 7.49. The summed E-state index contributed by atoms with van der Waals surface area (Å²) < 4.78 is 48.8. The van der Waals surface area contributed by atoms with Gasteiger partial charge in [-0.05, 0) is 48.9 Å². The summed E-state index contributed by atoms with van der Waals surface area (Å²) in [5.41, 5.74) is -0.518. The van der Waals surface area contributed by atoms with E-state index in [1.54, 1.807) is 30.3 Å². The summed E-state index contributed by atoms with van der Waals surface area (Å²) >= 11 is 5.84. The number of hydrogen-bond donors (Lipinski definition) is 1. The smallest absolute Gasteiger partial charge is 0.416 e. The summed E-state index contributed by atoms with van der Waals surface area (Å²) in [5, 5.41) is 2.15. The van der Waals surface area contributed by atoms with Crippen molar-refractivity contribution in [2.75, 3.05) is 11.9 Å². The van der Waals surface area contributed by atoms with Gasteiger partial charge >= 0.3 is 12.1 Å². The molecule has 0 heterocycles. The van der Waals surface area contributed by atoms with E-state index in [0.717, 1.165) is 18.2 Å². The van der Waals surface area contributed by atoms with Gasteiger partial charge in [-0.2, -0.15) is 13.2 Å². The minimum Gasteiger partial charge on any atom is -0.490 e. The Morgan fingerprint density at radius 3 is 2.48 bits per heavy atom. The number of carbonyl (C=O) groups excluding carboxylic acids is 2. The van der Waals surface area contributed by atoms with Crippen LogP contribution in [0.15, 0.2) is 61.2 Å². The Morgan fingerprint density at radius 1 is 1.19 bits per heavy atom. The van der Waals surface area contributed by atoms with E-state index in [1.165, 1.54) is 13.0 Å². The predicted octanol–water partition coefficient (Wildman–Crippen LogP) is 5.51. The molecule has 1 unspecified atom stereocenters. The van der Waals surface area contributed by atoms with Crippen molar-refractivity contribution >= 4 is 35.2 Å². The third-order valence-corrected chi connectivity index (χ3v) is 4.20. The molecule has 0 aliphatic carbocycles. The van der Waals surface area contributed by atoms with Crippen molar-refractivity contribution in [2.24, 2.45) is 0 Å². The van der Waals surface area contributed by atoms with Crippen LogP contribution in [0.2, 0.25) is 5.02 Å². The van der Waals surface area contributed by atoms with Crippen LogP contribution in [0.5, 0.6) is 5.75 Å². The Hall–Kier alpha value is -3.26. The molecule has 0 bridgehead atoms. The minimum atomic E-state index is -4.59. The number of carbonyl (C=O) groups is 2. The number of ether oxygens (including phenoxy) is 2. The standard InChI is InChI=1S/C22H19ClF3NO4/c1-3-12-30-17-8-4-15(5-9-17)6-11-20(28)31-14(2)21(29)27-19-13-16(22(24,25)26)7-10-18(19)23/h3-11,13-14H,1,12H2,2H3,(H,27,29)/b11-6+. The van der Waals surface area contributed by atoms with Gasteiger partial charge in [0.05, 0.1) is 16.3 Å². The summed E-state index contributed by atoms with van der Waals surface area (Å²) in [6.07, 6.45) is -1.64. The highest BCUT2D eigenvalue weighted by molar-refractivity contribution is 6.33. The molecule has 0 saturated carbocycles. The van der Waals surface area contributed by atoms with Gasteiger partial charge < -0.3 is 14.8 Å². The number of nitrogens with one attached hydrogen (secondary N) is 1. The highest BCUT2D eigenvalue weighted by atomic mass is 35.5. The first-order chi connectivity index (χ1) is 14.6. The lowest BCUT2D eigenvalue weighted by atomic mass is 10.2. The maximum absolute atomic E-state index is 12.8. The number of anilines is 1. The maximum Gasteiger partial charge on any atom is 0.416 e. The summed E-state index contributed by atoms with van der Waals surface area (Å²) in [6, 6.07) is 9.38. The monoisotopic (exact) mass is 453 g/mol. The number of halogens is 4. The van der Waals surface area contributed by atoms with Crippen molar-refractivity contribution in [1.29, 1.82) is 0 Å². The number of amides is 1. The number of esters is 1. The van der Waals surface area contributed by atoms with Crippen LogP contribution >= 0.6 is 11.6 Å². The van der Waals surface area contributed by atoms with Gasteiger partial charge in [0, 0.05) is 6.08 Å². The van der Waals surface area contributed by atoms with Gasteiger partial charge in [0.1, 0.15) is 12.4 Å². The molecule has 0 aliphatic heterocycles. The molecule has 0 spiro atoms. The van der Waals surface area contributed by atoms with Crippen LogP contribution in [0.25, 0.3) is 6.08 Å². The van der Waals surface area contributed by atoms with Crippen LogP contribution < -0.4 is 10.1 Å². The second-order valence-electron chi connectivity index (χ2n) is 6.26. The number of rotatable bonds is 8. The van der Waals surface area contributed by atoms with Crippen LogP contribution in [-0.2, 0) is 20.5 Å². The highest BCUT2D eigenvalue weighted by Crippen LogP contribution is 2.33. The van der Waals surface area contributed by atoms with Crippen LogP contribution in [0.4, 0.5) is 18.9 Å². The molecule has 2 rings (SSSR count). The lowest BCUT2D eigenvalue weighted by Crippen LogP contribution is -2.29. The molecule has 0 aliphatic rings. The van der Waals surface area contributed by atoms with Crippen LogP contribution in [0, 0.1) is 0 Å². The van der Waals surface area contributed by atoms with E-state index in [9.17, 15) is 22.8 Å². The van der Waals surface area contributed by atoms with E-state index in [-0.39, 0.29) is 10.7 Å². The zero-order chi connectivity index (χ0) is 23.0. The molecule has 0 radical (unpaired) electrons. The first-order valence-corrected chi connectivity index (χ1v) is 9.38. The van der Waals surface area contributed by atoms with E-state index in [4.69, 9.17) is 21.1 Å². The zero-order valence-corrected chi connectivity index (χ0v) is 17.2. The van der Waals surface area contributed by atoms with E-state index >= 15 is 0 Å². The predicted molar refractivity (Wildman–Crippen MR) is 112 cm³/mol. The summed E-state index contributed by atoms with van der Waals surface area (Å²) in [5.74, 6) is -0.991. The van der Waals surface area contributed by atoms with E-state index in [1.807, 2.05) is 0 Å². The fourth-order valence-electron chi connectivity index (χ4n) is 2.29. The van der Waals surface area contributed by atoms with Gasteiger partial charge in [-0.3, -0.25) is 4.79 Å². The molecule has 9 heteroatoms. The van der Waals surface area contributed by atoms with Crippen molar-refractivity contribution < 1.29 is 32.2 Å². The summed E-state index contributed by atoms with van der Waals surface area (Å²) in [6.45, 7) is 5.21. The van der Waals surface area contributed by atoms with Crippen molar-refractivity contribution in [3.63, 3.8) is 0 Å². The molecule has 0 aromatic heterocycles. The normalized spacial score (nSPS) is 12.3. The van der Waals surface area contributed by atoms with Gasteiger partial charge in [-0.25, -0.2) is 4.79 Å². The Labute approximate surface area is 182 Å². The second kappa shape index (κ2) is 10.7. The van der Waals surface area contributed by atoms with Crippen LogP contribution in [0.3, 0.4) is 0 Å². The lowest BCUT2D eigenvalue weighted by molar-refractivity contribution is -0.148. The average Bonchev–Trinajstić information content (AvgIpc) is 2.72. The molecule has 5 nitrogen and oxygen atoms in total. The Morgan fingerprint density at radius 2 is 1.87 bits per heavy atom.